The van der Waals surface area contributed by atoms with Gasteiger partial charge in [-0.1, -0.05) is 0 Å². The van der Waals surface area contributed by atoms with Crippen molar-refractivity contribution in [1.82, 2.24) is 9.62 Å². The monoisotopic (exact) mass is 344 g/mol. The Kier molecular flexibility index (Phi) is 4.89. The first-order valence-corrected chi connectivity index (χ1v) is 10.6. The van der Waals surface area contributed by atoms with E-state index >= 15 is 0 Å². The van der Waals surface area contributed by atoms with E-state index in [1.165, 1.54) is 11.8 Å². The molecule has 0 bridgehead atoms. The minimum absolute atomic E-state index is 0.0205. The van der Waals surface area contributed by atoms with Crippen molar-refractivity contribution >= 4 is 21.4 Å². The van der Waals surface area contributed by atoms with Gasteiger partial charge in [0.1, 0.15) is 0 Å². The lowest BCUT2D eigenvalue weighted by Crippen LogP contribution is -2.53. The van der Waals surface area contributed by atoms with Crippen LogP contribution in [0.2, 0.25) is 0 Å². The Bertz CT molecular complexity index is 578. The quantitative estimate of drug-likeness (QED) is 0.905. The van der Waals surface area contributed by atoms with Gasteiger partial charge in [0, 0.05) is 32.3 Å². The van der Waals surface area contributed by atoms with Crippen molar-refractivity contribution < 1.29 is 13.2 Å². The van der Waals surface area contributed by atoms with Crippen molar-refractivity contribution in [2.45, 2.75) is 43.9 Å². The van der Waals surface area contributed by atoms with Crippen molar-refractivity contribution in [3.63, 3.8) is 0 Å². The van der Waals surface area contributed by atoms with Gasteiger partial charge in [-0.05, 0) is 48.1 Å². The summed E-state index contributed by atoms with van der Waals surface area (Å²) in [5, 5.41) is 4.32. The summed E-state index contributed by atoms with van der Waals surface area (Å²) in [6, 6.07) is 2.20. The van der Waals surface area contributed by atoms with Crippen LogP contribution in [0.4, 0.5) is 0 Å². The molecule has 1 N–H and O–H groups in total. The Balaban J connectivity index is 1.54. The van der Waals surface area contributed by atoms with E-state index in [9.17, 15) is 8.42 Å². The number of ether oxygens (including phenoxy) is 1. The summed E-state index contributed by atoms with van der Waals surface area (Å²) < 4.78 is 31.7. The Labute approximate surface area is 136 Å². The van der Waals surface area contributed by atoms with Gasteiger partial charge in [-0.3, -0.25) is 4.90 Å². The largest absolute Gasteiger partial charge is 0.375 e. The Morgan fingerprint density at radius 3 is 2.86 bits per heavy atom. The summed E-state index contributed by atoms with van der Waals surface area (Å²) in [5.41, 5.74) is 1.24. The molecule has 1 unspecified atom stereocenters. The maximum Gasteiger partial charge on any atom is 0.208 e. The molecule has 22 heavy (non-hydrogen) atoms. The molecule has 124 valence electrons. The van der Waals surface area contributed by atoms with Crippen LogP contribution < -0.4 is 4.72 Å². The molecule has 2 aliphatic rings. The molecule has 0 aromatic carbocycles. The second-order valence-corrected chi connectivity index (χ2v) is 9.08. The van der Waals surface area contributed by atoms with Crippen LogP contribution in [0.5, 0.6) is 0 Å². The van der Waals surface area contributed by atoms with E-state index in [2.05, 4.69) is 26.4 Å². The molecule has 5 nitrogen and oxygen atoms in total. The highest BCUT2D eigenvalue weighted by molar-refractivity contribution is 7.88. The first-order valence-electron chi connectivity index (χ1n) is 7.79. The zero-order chi connectivity index (χ0) is 15.6. The van der Waals surface area contributed by atoms with E-state index in [4.69, 9.17) is 4.74 Å². The van der Waals surface area contributed by atoms with E-state index in [-0.39, 0.29) is 11.6 Å². The topological polar surface area (TPSA) is 58.6 Å². The van der Waals surface area contributed by atoms with Crippen molar-refractivity contribution in [2.24, 2.45) is 0 Å². The van der Waals surface area contributed by atoms with E-state index in [0.717, 1.165) is 45.3 Å². The third-order valence-electron chi connectivity index (χ3n) is 4.63. The fourth-order valence-corrected chi connectivity index (χ4v) is 5.01. The SMILES string of the molecule is CS(=O)(=O)NC1CCOC2(CCN(Cc3ccsc3)CC2)C1. The van der Waals surface area contributed by atoms with Gasteiger partial charge in [0.15, 0.2) is 0 Å². The Morgan fingerprint density at radius 1 is 1.45 bits per heavy atom. The molecule has 7 heteroatoms. The van der Waals surface area contributed by atoms with Crippen LogP contribution in [0.3, 0.4) is 0 Å². The first-order chi connectivity index (χ1) is 10.4. The normalized spacial score (nSPS) is 26.3. The maximum absolute atomic E-state index is 11.4. The van der Waals surface area contributed by atoms with Crippen molar-refractivity contribution in [2.75, 3.05) is 26.0 Å². The van der Waals surface area contributed by atoms with Gasteiger partial charge >= 0.3 is 0 Å². The zero-order valence-electron chi connectivity index (χ0n) is 13.0. The summed E-state index contributed by atoms with van der Waals surface area (Å²) in [5.74, 6) is 0. The molecule has 0 radical (unpaired) electrons. The molecule has 2 aliphatic heterocycles. The highest BCUT2D eigenvalue weighted by atomic mass is 32.2. The van der Waals surface area contributed by atoms with Gasteiger partial charge in [-0.15, -0.1) is 0 Å². The van der Waals surface area contributed by atoms with Crippen molar-refractivity contribution in [1.29, 1.82) is 0 Å². The minimum Gasteiger partial charge on any atom is -0.375 e. The molecule has 2 fully saturated rings. The molecule has 3 heterocycles. The van der Waals surface area contributed by atoms with Gasteiger partial charge in [0.2, 0.25) is 10.0 Å². The second kappa shape index (κ2) is 6.57. The molecule has 1 atom stereocenters. The summed E-state index contributed by atoms with van der Waals surface area (Å²) in [6.07, 6.45) is 4.77. The number of piperidine rings is 1. The molecule has 0 saturated carbocycles. The van der Waals surface area contributed by atoms with Gasteiger partial charge in [-0.25, -0.2) is 13.1 Å². The van der Waals surface area contributed by atoms with Gasteiger partial charge in [0.05, 0.1) is 11.9 Å². The molecule has 3 rings (SSSR count). The second-order valence-electron chi connectivity index (χ2n) is 6.52. The molecule has 1 aromatic heterocycles. The third kappa shape index (κ3) is 4.29. The predicted octanol–water partition coefficient (Wildman–Crippen LogP) is 1.81. The van der Waals surface area contributed by atoms with Crippen molar-refractivity contribution in [3.05, 3.63) is 22.4 Å². The smallest absolute Gasteiger partial charge is 0.208 e. The lowest BCUT2D eigenvalue weighted by Gasteiger charge is -2.46. The summed E-state index contributed by atoms with van der Waals surface area (Å²) in [7, 11) is -3.14. The third-order valence-corrected chi connectivity index (χ3v) is 6.12. The van der Waals surface area contributed by atoms with Gasteiger partial charge < -0.3 is 4.74 Å². The molecule has 1 aromatic rings. The molecule has 1 spiro atoms. The lowest BCUT2D eigenvalue weighted by molar-refractivity contribution is -0.118. The number of likely N-dealkylation sites (tertiary alicyclic amines) is 1. The zero-order valence-corrected chi connectivity index (χ0v) is 14.6. The highest BCUT2D eigenvalue weighted by Gasteiger charge is 2.40. The van der Waals surface area contributed by atoms with E-state index in [1.807, 2.05) is 0 Å². The number of rotatable bonds is 4. The van der Waals surface area contributed by atoms with Crippen LogP contribution in [0.1, 0.15) is 31.2 Å². The van der Waals surface area contributed by atoms with Crippen molar-refractivity contribution in [3.8, 4) is 0 Å². The van der Waals surface area contributed by atoms with Crippen LogP contribution in [0.15, 0.2) is 16.8 Å². The molecule has 0 amide bonds. The Hall–Kier alpha value is -0.470. The fraction of sp³-hybridized carbons (Fsp3) is 0.733. The predicted molar refractivity (Wildman–Crippen MR) is 88.5 cm³/mol. The average Bonchev–Trinajstić information content (AvgIpc) is 2.93. The molecular weight excluding hydrogens is 320 g/mol. The van der Waals surface area contributed by atoms with Crippen LogP contribution in [-0.2, 0) is 21.3 Å². The van der Waals surface area contributed by atoms with Gasteiger partial charge in [0.25, 0.3) is 0 Å². The fourth-order valence-electron chi connectivity index (χ4n) is 3.54. The highest BCUT2D eigenvalue weighted by Crippen LogP contribution is 2.35. The molecular formula is C15H24N2O3S2. The standard InChI is InChI=1S/C15H24N2O3S2/c1-22(18,19)16-14-2-8-20-15(10-14)4-6-17(7-5-15)11-13-3-9-21-12-13/h3,9,12,14,16H,2,4-8,10-11H2,1H3. The van der Waals surface area contributed by atoms with E-state index in [1.54, 1.807) is 11.3 Å². The van der Waals surface area contributed by atoms with Crippen LogP contribution >= 0.6 is 11.3 Å². The van der Waals surface area contributed by atoms with Crippen LogP contribution in [0, 0.1) is 0 Å². The molecule has 0 aliphatic carbocycles. The first kappa shape index (κ1) is 16.4. The summed E-state index contributed by atoms with van der Waals surface area (Å²) in [4.78, 5) is 2.46. The maximum atomic E-state index is 11.4. The number of nitrogens with one attached hydrogen (secondary N) is 1. The number of hydrogen-bond acceptors (Lipinski definition) is 5. The number of hydrogen-bond donors (Lipinski definition) is 1. The molecule has 2 saturated heterocycles. The van der Waals surface area contributed by atoms with Gasteiger partial charge in [-0.2, -0.15) is 11.3 Å². The Morgan fingerprint density at radius 2 is 2.23 bits per heavy atom. The lowest BCUT2D eigenvalue weighted by atomic mass is 9.82. The summed E-state index contributed by atoms with van der Waals surface area (Å²) in [6.45, 7) is 3.69. The van der Waals surface area contributed by atoms with E-state index in [0.29, 0.717) is 6.61 Å². The number of sulfonamides is 1. The number of thiophene rings is 1. The van der Waals surface area contributed by atoms with Crippen LogP contribution in [-0.4, -0.2) is 50.9 Å². The van der Waals surface area contributed by atoms with E-state index < -0.39 is 10.0 Å². The average molecular weight is 345 g/mol. The summed E-state index contributed by atoms with van der Waals surface area (Å²) >= 11 is 1.74. The number of nitrogens with zero attached hydrogens (tertiary/aromatic N) is 1. The van der Waals surface area contributed by atoms with Crippen LogP contribution in [0.25, 0.3) is 0 Å². The minimum atomic E-state index is -3.14.